The van der Waals surface area contributed by atoms with Gasteiger partial charge >= 0.3 is 6.09 Å². The molecule has 0 aliphatic heterocycles. The molecule has 0 saturated carbocycles. The highest BCUT2D eigenvalue weighted by atomic mass is 16.6. The lowest BCUT2D eigenvalue weighted by Gasteiger charge is -2.19. The van der Waals surface area contributed by atoms with Crippen LogP contribution in [0.5, 0.6) is 5.75 Å². The van der Waals surface area contributed by atoms with Crippen molar-refractivity contribution in [3.63, 3.8) is 0 Å². The summed E-state index contributed by atoms with van der Waals surface area (Å²) in [4.78, 5) is 69.1. The number of phenolic OH excluding ortho intramolecular Hbond substituents is 1. The van der Waals surface area contributed by atoms with Crippen LogP contribution in [0, 0.1) is 0 Å². The molecule has 21 heteroatoms. The molecule has 5 amide bonds. The van der Waals surface area contributed by atoms with Gasteiger partial charge in [-0.2, -0.15) is 10.1 Å². The molecule has 0 radical (unpaired) electrons. The Morgan fingerprint density at radius 2 is 1.33 bits per heavy atom. The number of amides is 5. The molecule has 76 heavy (non-hydrogen) atoms. The fourth-order valence-electron chi connectivity index (χ4n) is 7.09. The molecule has 5 rings (SSSR count). The van der Waals surface area contributed by atoms with E-state index in [9.17, 15) is 29.1 Å². The lowest BCUT2D eigenvalue weighted by Crippen LogP contribution is -2.33. The number of primary amides is 1. The number of hydrogen-bond acceptors (Lipinski definition) is 14. The van der Waals surface area contributed by atoms with Crippen LogP contribution in [0.15, 0.2) is 106 Å². The smallest absolute Gasteiger partial charge is 0.407 e. The number of rotatable bonds is 32. The largest absolute Gasteiger partial charge is 0.506 e. The number of azo groups is 1. The normalized spacial score (nSPS) is 11.9. The van der Waals surface area contributed by atoms with Gasteiger partial charge in [0.2, 0.25) is 17.4 Å². The minimum Gasteiger partial charge on any atom is -0.506 e. The maximum absolute atomic E-state index is 13.0. The van der Waals surface area contributed by atoms with Crippen LogP contribution < -0.4 is 27.3 Å². The third-order valence-electron chi connectivity index (χ3n) is 10.8. The van der Waals surface area contributed by atoms with Gasteiger partial charge in [0, 0.05) is 62.2 Å². The molecule has 0 spiro atoms. The van der Waals surface area contributed by atoms with Crippen molar-refractivity contribution in [2.45, 2.75) is 65.5 Å². The number of carbonyl (C=O) groups is 5. The van der Waals surface area contributed by atoms with Gasteiger partial charge in [0.05, 0.1) is 69.6 Å². The molecule has 408 valence electrons. The third kappa shape index (κ3) is 21.7. The molecular weight excluding hydrogens is 979 g/mol. The summed E-state index contributed by atoms with van der Waals surface area (Å²) in [5.74, 6) is -1.63. The first-order valence-corrected chi connectivity index (χ1v) is 25.3. The van der Waals surface area contributed by atoms with Crippen molar-refractivity contribution in [1.82, 2.24) is 25.5 Å². The van der Waals surface area contributed by atoms with Crippen molar-refractivity contribution in [3.05, 3.63) is 124 Å². The van der Waals surface area contributed by atoms with Crippen molar-refractivity contribution < 1.29 is 57.5 Å². The third-order valence-corrected chi connectivity index (χ3v) is 10.8. The van der Waals surface area contributed by atoms with E-state index in [1.54, 1.807) is 81.4 Å². The highest BCUT2D eigenvalue weighted by molar-refractivity contribution is 5.99. The van der Waals surface area contributed by atoms with E-state index in [2.05, 4.69) is 36.2 Å². The number of aromatic hydroxyl groups is 1. The number of aromatic nitrogens is 2. The molecular formula is C55H71N9O12. The Bertz CT molecular complexity index is 2800. The summed E-state index contributed by atoms with van der Waals surface area (Å²) in [5, 5.41) is 27.1. The Morgan fingerprint density at radius 3 is 1.96 bits per heavy atom. The van der Waals surface area contributed by atoms with E-state index >= 15 is 0 Å². The molecule has 21 nitrogen and oxygen atoms in total. The van der Waals surface area contributed by atoms with Crippen molar-refractivity contribution in [2.24, 2.45) is 21.0 Å². The molecule has 7 N–H and O–H groups in total. The van der Waals surface area contributed by atoms with Crippen LogP contribution in [-0.2, 0) is 46.2 Å². The first-order valence-electron chi connectivity index (χ1n) is 25.3. The van der Waals surface area contributed by atoms with Crippen LogP contribution in [0.1, 0.15) is 89.2 Å². The minimum absolute atomic E-state index is 0.0332. The predicted molar refractivity (Wildman–Crippen MR) is 286 cm³/mol. The first kappa shape index (κ1) is 59.3. The maximum Gasteiger partial charge on any atom is 0.407 e. The summed E-state index contributed by atoms with van der Waals surface area (Å²) >= 11 is 0. The van der Waals surface area contributed by atoms with Gasteiger partial charge in [-0.1, -0.05) is 25.1 Å². The first-order chi connectivity index (χ1) is 36.7. The zero-order valence-corrected chi connectivity index (χ0v) is 43.8. The van der Waals surface area contributed by atoms with Crippen LogP contribution in [0.25, 0.3) is 17.1 Å². The maximum atomic E-state index is 13.0. The zero-order valence-electron chi connectivity index (χ0n) is 43.8. The molecule has 5 aromatic rings. The van der Waals surface area contributed by atoms with Gasteiger partial charge in [-0.3, -0.25) is 19.2 Å². The second kappa shape index (κ2) is 32.0. The van der Waals surface area contributed by atoms with Crippen LogP contribution in [-0.4, -0.2) is 136 Å². The fraction of sp³-hybridized carbons (Fsp3) is 0.418. The number of aromatic amines is 1. The zero-order chi connectivity index (χ0) is 54.5. The van der Waals surface area contributed by atoms with Gasteiger partial charge in [-0.15, -0.1) is 5.11 Å². The lowest BCUT2D eigenvalue weighted by atomic mass is 10.1. The van der Waals surface area contributed by atoms with Crippen molar-refractivity contribution in [3.8, 4) is 5.75 Å². The number of hydrogen-bond donors (Lipinski definition) is 6. The second-order valence-electron chi connectivity index (χ2n) is 18.1. The summed E-state index contributed by atoms with van der Waals surface area (Å²) in [6.45, 7) is 13.6. The monoisotopic (exact) mass is 1050 g/mol. The number of nitrogens with one attached hydrogen (secondary N) is 4. The number of ether oxygens (including phenoxy) is 6. The summed E-state index contributed by atoms with van der Waals surface area (Å²) in [6, 6.07) is 23.4. The summed E-state index contributed by atoms with van der Waals surface area (Å²) in [5.41, 5.74) is 10.1. The van der Waals surface area contributed by atoms with E-state index < -0.39 is 23.5 Å². The molecule has 0 saturated heterocycles. The number of nitrogens with two attached hydrogens (primary N) is 1. The number of H-pyrrole nitrogens is 1. The molecule has 4 aromatic carbocycles. The fourth-order valence-corrected chi connectivity index (χ4v) is 7.09. The molecule has 1 heterocycles. The Balaban J connectivity index is 0.816. The van der Waals surface area contributed by atoms with Gasteiger partial charge < -0.3 is 64.8 Å². The van der Waals surface area contributed by atoms with Crippen LogP contribution in [0.3, 0.4) is 0 Å². The number of benzene rings is 4. The van der Waals surface area contributed by atoms with Crippen molar-refractivity contribution in [1.29, 1.82) is 0 Å². The molecule has 0 atom stereocenters. The van der Waals surface area contributed by atoms with E-state index in [-0.39, 0.29) is 34.4 Å². The SMILES string of the molecule is CCCn1/c(=N/C(=O)c2cccc(C(N)=O)c2)[nH]c2cc(/C=C/C(=O)NCCCOCCOCCOCCOCCOCCCNC(=O)c3ccc(/N=N/c4cc(CCNC(=O)OC(C)(C)C)ccc4O)cc3)ccc21. The summed E-state index contributed by atoms with van der Waals surface area (Å²) in [6.07, 6.45) is 5.26. The minimum atomic E-state index is -0.626. The van der Waals surface area contributed by atoms with E-state index in [1.807, 2.05) is 29.7 Å². The average Bonchev–Trinajstić information content (AvgIpc) is 3.73. The van der Waals surface area contributed by atoms with E-state index in [0.29, 0.717) is 128 Å². The topological polar surface area (TPSA) is 281 Å². The van der Waals surface area contributed by atoms with Gasteiger partial charge in [0.1, 0.15) is 17.0 Å². The van der Waals surface area contributed by atoms with E-state index in [0.717, 1.165) is 28.6 Å². The van der Waals surface area contributed by atoms with Crippen LogP contribution >= 0.6 is 0 Å². The number of fused-ring (bicyclic) bond motifs is 1. The Hall–Kier alpha value is -7.56. The number of nitrogens with zero attached hydrogens (tertiary/aromatic N) is 4. The Labute approximate surface area is 442 Å². The highest BCUT2D eigenvalue weighted by Crippen LogP contribution is 2.29. The van der Waals surface area contributed by atoms with Gasteiger partial charge in [0.25, 0.3) is 11.8 Å². The lowest BCUT2D eigenvalue weighted by molar-refractivity contribution is -0.116. The number of imidazole rings is 1. The van der Waals surface area contributed by atoms with E-state index in [4.69, 9.17) is 34.2 Å². The Kier molecular flexibility index (Phi) is 25.0. The van der Waals surface area contributed by atoms with Gasteiger partial charge in [0.15, 0.2) is 0 Å². The molecule has 0 fully saturated rings. The average molecular weight is 1050 g/mol. The summed E-state index contributed by atoms with van der Waals surface area (Å²) < 4.78 is 35.0. The standard InChI is InChI=1S/C55H71N9O12/c1-5-25-64-47-18-11-39(36-45(47)60-53(64)61-52(69)43-10-6-9-42(38-43)50(56)67)13-20-49(66)57-22-7-26-71-28-30-73-32-34-75-35-33-74-31-29-72-27-8-23-58-51(68)41-14-16-44(17-15-41)62-63-46-37-40(12-19-48(46)65)21-24-59-54(70)76-55(2,3)4/h6,9-20,36-38,65H,5,7-8,21-35H2,1-4H3,(H2,56,67)(H,57,66)(H,58,68)(H,59,70)(H,60,61,69)/b20-13+,63-62+. The molecule has 0 unspecified atom stereocenters. The van der Waals surface area contributed by atoms with E-state index in [1.165, 1.54) is 18.2 Å². The number of alkyl carbamates (subject to hydrolysis) is 1. The number of aryl methyl sites for hydroxylation is 1. The van der Waals surface area contributed by atoms with Crippen molar-refractivity contribution in [2.75, 3.05) is 85.7 Å². The molecule has 0 bridgehead atoms. The predicted octanol–water partition coefficient (Wildman–Crippen LogP) is 6.83. The van der Waals surface area contributed by atoms with Crippen LogP contribution in [0.2, 0.25) is 0 Å². The molecule has 0 aliphatic rings. The van der Waals surface area contributed by atoms with Crippen LogP contribution in [0.4, 0.5) is 16.2 Å². The van der Waals surface area contributed by atoms with Gasteiger partial charge in [-0.25, -0.2) is 4.79 Å². The molecule has 1 aromatic heterocycles. The van der Waals surface area contributed by atoms with Crippen molar-refractivity contribution >= 4 is 58.2 Å². The van der Waals surface area contributed by atoms with Gasteiger partial charge in [-0.05, 0) is 130 Å². The summed E-state index contributed by atoms with van der Waals surface area (Å²) in [7, 11) is 0. The highest BCUT2D eigenvalue weighted by Gasteiger charge is 2.16. The number of phenols is 1. The number of carbonyl (C=O) groups excluding carboxylic acids is 5. The Morgan fingerprint density at radius 1 is 0.697 bits per heavy atom. The molecule has 0 aliphatic carbocycles. The second-order valence-corrected chi connectivity index (χ2v) is 18.1. The quantitative estimate of drug-likeness (QED) is 0.0147.